The summed E-state index contributed by atoms with van der Waals surface area (Å²) in [6, 6.07) is 3.60. The Hall–Kier alpha value is -1.64. The summed E-state index contributed by atoms with van der Waals surface area (Å²) in [5.41, 5.74) is 2.95. The van der Waals surface area contributed by atoms with Gasteiger partial charge in [0, 0.05) is 18.8 Å². The van der Waals surface area contributed by atoms with E-state index < -0.39 is 0 Å². The minimum absolute atomic E-state index is 0.00139. The molecule has 0 spiro atoms. The smallest absolute Gasteiger partial charge is 0.339 e. The summed E-state index contributed by atoms with van der Waals surface area (Å²) in [7, 11) is 0. The molecule has 1 heterocycles. The summed E-state index contributed by atoms with van der Waals surface area (Å²) in [6.45, 7) is 15.1. The maximum Gasteiger partial charge on any atom is 0.339 e. The van der Waals surface area contributed by atoms with E-state index in [1.54, 1.807) is 30.1 Å². The van der Waals surface area contributed by atoms with Gasteiger partial charge in [-0.25, -0.2) is 4.79 Å². The Bertz CT molecular complexity index is 1000. The molecule has 0 amide bonds. The van der Waals surface area contributed by atoms with Gasteiger partial charge in [-0.2, -0.15) is 0 Å². The highest BCUT2D eigenvalue weighted by Crippen LogP contribution is 2.67. The molecule has 4 aliphatic carbocycles. The van der Waals surface area contributed by atoms with Crippen molar-refractivity contribution in [3.63, 3.8) is 0 Å². The van der Waals surface area contributed by atoms with Gasteiger partial charge in [0.25, 0.3) is 0 Å². The number of hydrogen-bond acceptors (Lipinski definition) is 3. The Kier molecular flexibility index (Phi) is 8.14. The van der Waals surface area contributed by atoms with Crippen molar-refractivity contribution in [2.45, 2.75) is 118 Å². The maximum absolute atomic E-state index is 12.7. The van der Waals surface area contributed by atoms with Gasteiger partial charge in [-0.05, 0) is 122 Å². The predicted octanol–water partition coefficient (Wildman–Crippen LogP) is 9.28. The Morgan fingerprint density at radius 3 is 2.61 bits per heavy atom. The molecule has 210 valence electrons. The molecule has 4 aliphatic rings. The number of nitrogens with zero attached hydrogens (tertiary/aromatic N) is 1. The van der Waals surface area contributed by atoms with Crippen LogP contribution in [0.1, 0.15) is 123 Å². The molecular weight excluding hydrogens is 466 g/mol. The van der Waals surface area contributed by atoms with Crippen molar-refractivity contribution in [2.75, 3.05) is 0 Å². The number of hydrogen-bond donors (Lipinski definition) is 0. The normalized spacial score (nSPS) is 38.0. The van der Waals surface area contributed by atoms with Crippen molar-refractivity contribution in [2.24, 2.45) is 52.3 Å². The van der Waals surface area contributed by atoms with Gasteiger partial charge >= 0.3 is 5.97 Å². The highest BCUT2D eigenvalue weighted by molar-refractivity contribution is 5.89. The molecule has 9 atom stereocenters. The predicted molar refractivity (Wildman–Crippen MR) is 156 cm³/mol. The fourth-order valence-electron chi connectivity index (χ4n) is 10.2. The Morgan fingerprint density at radius 2 is 1.89 bits per heavy atom. The van der Waals surface area contributed by atoms with Crippen LogP contribution in [0.3, 0.4) is 0 Å². The average Bonchev–Trinajstić information content (AvgIpc) is 3.26. The lowest BCUT2D eigenvalue weighted by Crippen LogP contribution is -2.51. The highest BCUT2D eigenvalue weighted by Gasteiger charge is 2.59. The first kappa shape index (κ1) is 27.9. The number of allylic oxidation sites excluding steroid dienone is 1. The molecule has 0 bridgehead atoms. The molecule has 0 saturated heterocycles. The van der Waals surface area contributed by atoms with Crippen LogP contribution in [0, 0.1) is 52.3 Å². The molecule has 3 fully saturated rings. The molecule has 0 N–H and O–H groups in total. The fraction of sp³-hybridized carbons (Fsp3) is 0.771. The quantitative estimate of drug-likeness (QED) is 0.254. The van der Waals surface area contributed by atoms with Crippen molar-refractivity contribution in [3.8, 4) is 0 Å². The summed E-state index contributed by atoms with van der Waals surface area (Å²) in [5, 5.41) is 0. The summed E-state index contributed by atoms with van der Waals surface area (Å²) < 4.78 is 5.98. The third-order valence-electron chi connectivity index (χ3n) is 12.1. The zero-order valence-corrected chi connectivity index (χ0v) is 25.0. The molecule has 7 unspecified atom stereocenters. The van der Waals surface area contributed by atoms with E-state index >= 15 is 0 Å². The minimum atomic E-state index is -0.223. The third kappa shape index (κ3) is 5.13. The van der Waals surface area contributed by atoms with E-state index in [1.807, 2.05) is 0 Å². The molecule has 0 radical (unpaired) electrons. The van der Waals surface area contributed by atoms with Crippen LogP contribution >= 0.6 is 0 Å². The number of carbonyl (C=O) groups excluding carboxylic acids is 1. The first-order chi connectivity index (χ1) is 18.2. The van der Waals surface area contributed by atoms with Crippen molar-refractivity contribution in [1.29, 1.82) is 0 Å². The van der Waals surface area contributed by atoms with E-state index in [1.165, 1.54) is 51.4 Å². The molecule has 5 rings (SSSR count). The summed E-state index contributed by atoms with van der Waals surface area (Å²) in [4.78, 5) is 16.8. The second kappa shape index (κ2) is 11.1. The largest absolute Gasteiger partial charge is 0.458 e. The Labute approximate surface area is 232 Å². The van der Waals surface area contributed by atoms with Crippen molar-refractivity contribution in [3.05, 3.63) is 41.7 Å². The maximum atomic E-state index is 12.7. The zero-order valence-electron chi connectivity index (χ0n) is 25.0. The molecular formula is C35H53NO2. The molecule has 0 aliphatic heterocycles. The van der Waals surface area contributed by atoms with Gasteiger partial charge in [0.2, 0.25) is 0 Å². The lowest BCUT2D eigenvalue weighted by Gasteiger charge is -2.58. The SMILES string of the molecule is CCC(CC(C)C)CC(C)C1CCC2C3CC=C4CC(OC(=O)c5cccnc5)CC[C@@]4(C)C3CC[C@@]12C. The minimum Gasteiger partial charge on any atom is -0.458 e. The zero-order chi connectivity index (χ0) is 27.1. The standard InChI is InChI=1S/C35H53NO2/c1-7-25(19-23(2)3)20-24(4)30-12-13-31-29-11-10-27-21-28(38-33(37)26-9-8-18-36-22-26)14-16-34(27,5)32(29)15-17-35(30,31)6/h8-10,18,22-25,28-32H,7,11-17,19-21H2,1-6H3/t24?,25?,28?,29?,30?,31?,32?,34-,35+/m1/s1. The monoisotopic (exact) mass is 519 g/mol. The second-order valence-electron chi connectivity index (χ2n) is 14.6. The van der Waals surface area contributed by atoms with E-state index in [4.69, 9.17) is 4.74 Å². The average molecular weight is 520 g/mol. The number of esters is 1. The van der Waals surface area contributed by atoms with Crippen LogP contribution in [0.15, 0.2) is 36.2 Å². The third-order valence-corrected chi connectivity index (χ3v) is 12.1. The van der Waals surface area contributed by atoms with Crippen LogP contribution in [-0.2, 0) is 4.74 Å². The molecule has 0 aromatic carbocycles. The number of ether oxygens (including phenoxy) is 1. The second-order valence-corrected chi connectivity index (χ2v) is 14.6. The number of fused-ring (bicyclic) bond motifs is 5. The van der Waals surface area contributed by atoms with Crippen molar-refractivity contribution < 1.29 is 9.53 Å². The van der Waals surface area contributed by atoms with E-state index in [2.05, 4.69) is 52.6 Å². The molecule has 1 aromatic heterocycles. The van der Waals surface area contributed by atoms with Crippen molar-refractivity contribution >= 4 is 5.97 Å². The number of rotatable bonds is 8. The van der Waals surface area contributed by atoms with Gasteiger partial charge in [-0.3, -0.25) is 4.98 Å². The summed E-state index contributed by atoms with van der Waals surface area (Å²) in [5.74, 6) is 5.75. The van der Waals surface area contributed by atoms with Gasteiger partial charge < -0.3 is 4.74 Å². The van der Waals surface area contributed by atoms with Crippen LogP contribution in [0.4, 0.5) is 0 Å². The van der Waals surface area contributed by atoms with Crippen LogP contribution in [0.2, 0.25) is 0 Å². The van der Waals surface area contributed by atoms with Gasteiger partial charge in [-0.1, -0.05) is 59.6 Å². The van der Waals surface area contributed by atoms with E-state index in [0.29, 0.717) is 11.0 Å². The number of aromatic nitrogens is 1. The van der Waals surface area contributed by atoms with E-state index in [9.17, 15) is 4.79 Å². The van der Waals surface area contributed by atoms with Crippen molar-refractivity contribution in [1.82, 2.24) is 4.98 Å². The summed E-state index contributed by atoms with van der Waals surface area (Å²) >= 11 is 0. The topological polar surface area (TPSA) is 39.2 Å². The van der Waals surface area contributed by atoms with E-state index in [0.717, 1.165) is 60.7 Å². The lowest BCUT2D eigenvalue weighted by molar-refractivity contribution is -0.0602. The van der Waals surface area contributed by atoms with E-state index in [-0.39, 0.29) is 17.5 Å². The first-order valence-electron chi connectivity index (χ1n) is 16.0. The molecule has 1 aromatic rings. The Morgan fingerprint density at radius 1 is 1.08 bits per heavy atom. The van der Waals surface area contributed by atoms with Gasteiger partial charge in [0.15, 0.2) is 0 Å². The summed E-state index contributed by atoms with van der Waals surface area (Å²) in [6.07, 6.45) is 20.1. The number of carbonyl (C=O) groups is 1. The molecule has 3 saturated carbocycles. The molecule has 38 heavy (non-hydrogen) atoms. The van der Waals surface area contributed by atoms with Crippen LogP contribution in [0.25, 0.3) is 0 Å². The van der Waals surface area contributed by atoms with Crippen LogP contribution in [0.5, 0.6) is 0 Å². The van der Waals surface area contributed by atoms with Gasteiger partial charge in [-0.15, -0.1) is 0 Å². The highest BCUT2D eigenvalue weighted by atomic mass is 16.5. The van der Waals surface area contributed by atoms with Gasteiger partial charge in [0.05, 0.1) is 5.56 Å². The first-order valence-corrected chi connectivity index (χ1v) is 16.0. The molecule has 3 nitrogen and oxygen atoms in total. The Balaban J connectivity index is 1.26. The molecule has 3 heteroatoms. The lowest BCUT2D eigenvalue weighted by atomic mass is 9.47. The van der Waals surface area contributed by atoms with Crippen LogP contribution < -0.4 is 0 Å². The van der Waals surface area contributed by atoms with Gasteiger partial charge in [0.1, 0.15) is 6.10 Å². The number of pyridine rings is 1. The van der Waals surface area contributed by atoms with Crippen LogP contribution in [-0.4, -0.2) is 17.1 Å². The fourth-order valence-corrected chi connectivity index (χ4v) is 10.2.